The van der Waals surface area contributed by atoms with Crippen molar-refractivity contribution in [3.8, 4) is 5.75 Å². The van der Waals surface area contributed by atoms with Gasteiger partial charge in [0.1, 0.15) is 11.6 Å². The van der Waals surface area contributed by atoms with E-state index in [1.807, 2.05) is 6.92 Å². The molecular formula is C22H23Cl2N5O3. The molecule has 0 unspecified atom stereocenters. The number of hydrogen-bond acceptors (Lipinski definition) is 6. The molecule has 8 nitrogen and oxygen atoms in total. The van der Waals surface area contributed by atoms with E-state index < -0.39 is 6.03 Å². The van der Waals surface area contributed by atoms with Crippen LogP contribution in [0.15, 0.2) is 54.7 Å². The smallest absolute Gasteiger partial charge is 0.332 e. The van der Waals surface area contributed by atoms with Gasteiger partial charge in [-0.25, -0.2) is 14.7 Å². The summed E-state index contributed by atoms with van der Waals surface area (Å²) in [4.78, 5) is 23.5. The first-order valence-electron chi connectivity index (χ1n) is 9.70. The number of anilines is 4. The Bertz CT molecular complexity index is 1070. The molecule has 0 fully saturated rings. The van der Waals surface area contributed by atoms with Crippen molar-refractivity contribution >= 4 is 52.4 Å². The number of carbonyl (C=O) groups excluding carboxylic acids is 1. The summed E-state index contributed by atoms with van der Waals surface area (Å²) < 4.78 is 10.4. The van der Waals surface area contributed by atoms with Crippen LogP contribution in [0.5, 0.6) is 5.75 Å². The number of methoxy groups -OCH3 is 2. The first kappa shape index (κ1) is 23.6. The van der Waals surface area contributed by atoms with Gasteiger partial charge in [-0.05, 0) is 43.3 Å². The first-order chi connectivity index (χ1) is 15.4. The summed E-state index contributed by atoms with van der Waals surface area (Å²) in [5, 5.41) is 6.52. The van der Waals surface area contributed by atoms with E-state index in [0.29, 0.717) is 40.5 Å². The molecule has 0 saturated heterocycles. The summed E-state index contributed by atoms with van der Waals surface area (Å²) in [5.41, 5.74) is 0.944. The van der Waals surface area contributed by atoms with E-state index in [1.165, 1.54) is 4.90 Å². The highest BCUT2D eigenvalue weighted by Gasteiger charge is 2.22. The maximum Gasteiger partial charge on any atom is 0.332 e. The maximum absolute atomic E-state index is 13.3. The Hall–Kier alpha value is -3.07. The molecule has 0 spiro atoms. The van der Waals surface area contributed by atoms with Gasteiger partial charge in [0, 0.05) is 25.4 Å². The third-order valence-corrected chi connectivity index (χ3v) is 5.21. The third-order valence-electron chi connectivity index (χ3n) is 4.39. The molecule has 0 radical (unpaired) electrons. The summed E-state index contributed by atoms with van der Waals surface area (Å²) in [6.45, 7) is 2.41. The van der Waals surface area contributed by atoms with Crippen LogP contribution < -0.4 is 20.3 Å². The Morgan fingerprint density at radius 3 is 2.56 bits per heavy atom. The van der Waals surface area contributed by atoms with Gasteiger partial charge >= 0.3 is 6.03 Å². The SMILES string of the molecule is COC[C@H](C)Nc1nccc(N(C(=O)Nc2cccc(Cl)c2Cl)c2ccc(OC)cc2)n1. The van der Waals surface area contributed by atoms with Crippen LogP contribution in [0.25, 0.3) is 0 Å². The van der Waals surface area contributed by atoms with Crippen molar-refractivity contribution in [3.63, 3.8) is 0 Å². The fourth-order valence-corrected chi connectivity index (χ4v) is 3.26. The minimum Gasteiger partial charge on any atom is -0.497 e. The number of halogens is 2. The molecule has 1 atom stereocenters. The van der Waals surface area contributed by atoms with Crippen molar-refractivity contribution in [2.24, 2.45) is 0 Å². The molecule has 0 saturated carbocycles. The molecule has 32 heavy (non-hydrogen) atoms. The highest BCUT2D eigenvalue weighted by Crippen LogP contribution is 2.32. The minimum absolute atomic E-state index is 0.0243. The van der Waals surface area contributed by atoms with E-state index in [-0.39, 0.29) is 11.1 Å². The summed E-state index contributed by atoms with van der Waals surface area (Å²) in [6.07, 6.45) is 1.57. The lowest BCUT2D eigenvalue weighted by Gasteiger charge is -2.23. The average molecular weight is 476 g/mol. The van der Waals surface area contributed by atoms with Gasteiger partial charge < -0.3 is 20.1 Å². The van der Waals surface area contributed by atoms with Gasteiger partial charge in [0.25, 0.3) is 0 Å². The van der Waals surface area contributed by atoms with Gasteiger partial charge in [0.2, 0.25) is 5.95 Å². The maximum atomic E-state index is 13.3. The van der Waals surface area contributed by atoms with Crippen LogP contribution >= 0.6 is 23.2 Å². The summed E-state index contributed by atoms with van der Waals surface area (Å²) in [6, 6.07) is 13.1. The van der Waals surface area contributed by atoms with Crippen molar-refractivity contribution in [2.45, 2.75) is 13.0 Å². The van der Waals surface area contributed by atoms with Gasteiger partial charge in [0.15, 0.2) is 0 Å². The summed E-state index contributed by atoms with van der Waals surface area (Å²) in [5.74, 6) is 1.37. The van der Waals surface area contributed by atoms with E-state index in [9.17, 15) is 4.79 Å². The quantitative estimate of drug-likeness (QED) is 0.440. The standard InChI is InChI=1S/C22H23Cl2N5O3/c1-14(13-31-2)26-21-25-12-11-19(28-21)29(15-7-9-16(32-3)10-8-15)22(30)27-18-6-4-5-17(23)20(18)24/h4-12,14H,13H2,1-3H3,(H,27,30)(H,25,26,28)/t14-/m0/s1. The second kappa shape index (κ2) is 11.0. The van der Waals surface area contributed by atoms with Crippen molar-refractivity contribution in [1.29, 1.82) is 0 Å². The molecule has 2 amide bonds. The van der Waals surface area contributed by atoms with E-state index in [1.54, 1.807) is 68.9 Å². The van der Waals surface area contributed by atoms with Gasteiger partial charge in [-0.3, -0.25) is 0 Å². The molecule has 168 valence electrons. The number of aromatic nitrogens is 2. The predicted octanol–water partition coefficient (Wildman–Crippen LogP) is 5.61. The number of benzene rings is 2. The summed E-state index contributed by atoms with van der Waals surface area (Å²) >= 11 is 12.3. The lowest BCUT2D eigenvalue weighted by molar-refractivity contribution is 0.190. The molecule has 2 N–H and O–H groups in total. The van der Waals surface area contributed by atoms with Crippen LogP contribution in [0, 0.1) is 0 Å². The lowest BCUT2D eigenvalue weighted by atomic mass is 10.2. The number of hydrogen-bond donors (Lipinski definition) is 2. The van der Waals surface area contributed by atoms with Gasteiger partial charge in [-0.1, -0.05) is 29.3 Å². The molecule has 3 rings (SSSR count). The van der Waals surface area contributed by atoms with Crippen LogP contribution in [0.4, 0.5) is 27.9 Å². The molecule has 1 heterocycles. The molecule has 1 aromatic heterocycles. The normalized spacial score (nSPS) is 11.5. The van der Waals surface area contributed by atoms with E-state index >= 15 is 0 Å². The lowest BCUT2D eigenvalue weighted by Crippen LogP contribution is -2.32. The largest absolute Gasteiger partial charge is 0.497 e. The Labute approximate surface area is 196 Å². The number of nitrogens with one attached hydrogen (secondary N) is 2. The number of amides is 2. The average Bonchev–Trinajstić information content (AvgIpc) is 2.78. The zero-order chi connectivity index (χ0) is 23.1. The second-order valence-electron chi connectivity index (χ2n) is 6.80. The number of urea groups is 1. The third kappa shape index (κ3) is 5.79. The van der Waals surface area contributed by atoms with Gasteiger partial charge in [-0.15, -0.1) is 0 Å². The molecule has 0 bridgehead atoms. The highest BCUT2D eigenvalue weighted by atomic mass is 35.5. The van der Waals surface area contributed by atoms with Crippen molar-refractivity contribution in [1.82, 2.24) is 9.97 Å². The minimum atomic E-state index is -0.478. The van der Waals surface area contributed by atoms with Crippen LogP contribution in [0.1, 0.15) is 6.92 Å². The van der Waals surface area contributed by atoms with Crippen LogP contribution in [0.3, 0.4) is 0 Å². The first-order valence-corrected chi connectivity index (χ1v) is 10.5. The number of carbonyl (C=O) groups is 1. The molecule has 2 aromatic carbocycles. The molecule has 3 aromatic rings. The van der Waals surface area contributed by atoms with E-state index in [4.69, 9.17) is 32.7 Å². The number of nitrogens with zero attached hydrogens (tertiary/aromatic N) is 3. The van der Waals surface area contributed by atoms with Crippen molar-refractivity contribution < 1.29 is 14.3 Å². The fraction of sp³-hybridized carbons (Fsp3) is 0.227. The zero-order valence-electron chi connectivity index (χ0n) is 17.8. The van der Waals surface area contributed by atoms with Crippen LogP contribution in [-0.4, -0.2) is 42.9 Å². The Morgan fingerprint density at radius 2 is 1.88 bits per heavy atom. The number of ether oxygens (including phenoxy) is 2. The zero-order valence-corrected chi connectivity index (χ0v) is 19.3. The molecule has 0 aliphatic rings. The molecular weight excluding hydrogens is 453 g/mol. The number of rotatable bonds is 8. The molecule has 0 aliphatic carbocycles. The highest BCUT2D eigenvalue weighted by molar-refractivity contribution is 6.44. The Kier molecular flexibility index (Phi) is 8.10. The topological polar surface area (TPSA) is 88.6 Å². The molecule has 0 aliphatic heterocycles. The monoisotopic (exact) mass is 475 g/mol. The van der Waals surface area contributed by atoms with E-state index in [0.717, 1.165) is 0 Å². The van der Waals surface area contributed by atoms with E-state index in [2.05, 4.69) is 20.6 Å². The summed E-state index contributed by atoms with van der Waals surface area (Å²) in [7, 11) is 3.19. The van der Waals surface area contributed by atoms with Crippen LogP contribution in [-0.2, 0) is 4.74 Å². The predicted molar refractivity (Wildman–Crippen MR) is 128 cm³/mol. The van der Waals surface area contributed by atoms with Gasteiger partial charge in [-0.2, -0.15) is 4.98 Å². The van der Waals surface area contributed by atoms with Gasteiger partial charge in [0.05, 0.1) is 35.1 Å². The second-order valence-corrected chi connectivity index (χ2v) is 7.59. The van der Waals surface area contributed by atoms with Crippen LogP contribution in [0.2, 0.25) is 10.0 Å². The van der Waals surface area contributed by atoms with Crippen molar-refractivity contribution in [3.05, 3.63) is 64.8 Å². The Morgan fingerprint density at radius 1 is 1.12 bits per heavy atom. The fourth-order valence-electron chi connectivity index (χ4n) is 2.91. The van der Waals surface area contributed by atoms with Crippen molar-refractivity contribution in [2.75, 3.05) is 36.4 Å². The molecule has 10 heteroatoms. The Balaban J connectivity index is 1.97.